The Kier molecular flexibility index (Phi) is 3.77. The number of hydroxylamine groups is 2. The molecule has 0 aromatic heterocycles. The molecule has 0 radical (unpaired) electrons. The first-order chi connectivity index (χ1) is 11.0. The van der Waals surface area contributed by atoms with E-state index in [0.29, 0.717) is 18.1 Å². The van der Waals surface area contributed by atoms with Gasteiger partial charge >= 0.3 is 0 Å². The Morgan fingerprint density at radius 2 is 1.96 bits per heavy atom. The van der Waals surface area contributed by atoms with Gasteiger partial charge in [-0.25, -0.2) is 10.1 Å². The predicted molar refractivity (Wildman–Crippen MR) is 89.3 cm³/mol. The van der Waals surface area contributed by atoms with Crippen LogP contribution in [0.15, 0.2) is 53.5 Å². The lowest BCUT2D eigenvalue weighted by atomic mass is 9.90. The zero-order valence-corrected chi connectivity index (χ0v) is 13.2. The first kappa shape index (κ1) is 15.1. The number of nitriles is 1. The molecule has 2 aromatic rings. The van der Waals surface area contributed by atoms with Crippen LogP contribution in [0, 0.1) is 11.3 Å². The van der Waals surface area contributed by atoms with Gasteiger partial charge in [-0.05, 0) is 41.8 Å². The third-order valence-corrected chi connectivity index (χ3v) is 4.05. The van der Waals surface area contributed by atoms with Crippen LogP contribution in [-0.4, -0.2) is 24.7 Å². The van der Waals surface area contributed by atoms with Crippen LogP contribution in [0.4, 0.5) is 0 Å². The Hall–Kier alpha value is -2.84. The fraction of sp³-hybridized carbons (Fsp3) is 0.222. The van der Waals surface area contributed by atoms with Crippen molar-refractivity contribution in [2.45, 2.75) is 12.5 Å². The summed E-state index contributed by atoms with van der Waals surface area (Å²) < 4.78 is 0. The molecule has 1 unspecified atom stereocenters. The summed E-state index contributed by atoms with van der Waals surface area (Å²) >= 11 is 0. The highest BCUT2D eigenvalue weighted by molar-refractivity contribution is 5.78. The van der Waals surface area contributed by atoms with Gasteiger partial charge in [-0.2, -0.15) is 5.26 Å². The third-order valence-electron chi connectivity index (χ3n) is 4.05. The second-order valence-corrected chi connectivity index (χ2v) is 5.78. The lowest BCUT2D eigenvalue weighted by Gasteiger charge is -2.34. The Morgan fingerprint density at radius 1 is 1.22 bits per heavy atom. The van der Waals surface area contributed by atoms with Gasteiger partial charge in [0.15, 0.2) is 0 Å². The molecule has 0 fully saturated rings. The van der Waals surface area contributed by atoms with Crippen LogP contribution in [0.3, 0.4) is 0 Å². The van der Waals surface area contributed by atoms with Gasteiger partial charge in [0.2, 0.25) is 5.96 Å². The highest BCUT2D eigenvalue weighted by atomic mass is 16.7. The molecule has 2 aromatic carbocycles. The summed E-state index contributed by atoms with van der Waals surface area (Å²) in [7, 11) is 1.74. The van der Waals surface area contributed by atoms with Crippen LogP contribution < -0.4 is 5.73 Å². The number of guanidine groups is 1. The van der Waals surface area contributed by atoms with E-state index in [2.05, 4.69) is 17.1 Å². The maximum atomic E-state index is 8.90. The average molecular weight is 306 g/mol. The number of hydrogen-bond donors (Lipinski definition) is 1. The first-order valence-electron chi connectivity index (χ1n) is 7.35. The van der Waals surface area contributed by atoms with Gasteiger partial charge in [0.1, 0.15) is 12.1 Å². The van der Waals surface area contributed by atoms with E-state index >= 15 is 0 Å². The summed E-state index contributed by atoms with van der Waals surface area (Å²) in [5.41, 5.74) is 9.19. The second-order valence-electron chi connectivity index (χ2n) is 5.78. The molecule has 1 heterocycles. The van der Waals surface area contributed by atoms with Crippen molar-refractivity contribution >= 4 is 5.96 Å². The normalized spacial score (nSPS) is 20.7. The molecule has 5 heteroatoms. The topological polar surface area (TPSA) is 74.6 Å². The van der Waals surface area contributed by atoms with Gasteiger partial charge < -0.3 is 5.73 Å². The molecule has 0 saturated heterocycles. The van der Waals surface area contributed by atoms with Crippen LogP contribution in [0.25, 0.3) is 11.1 Å². The summed E-state index contributed by atoms with van der Waals surface area (Å²) in [6, 6.07) is 17.8. The summed E-state index contributed by atoms with van der Waals surface area (Å²) in [5.74, 6) is 0.363. The zero-order chi connectivity index (χ0) is 16.4. The molecule has 23 heavy (non-hydrogen) atoms. The van der Waals surface area contributed by atoms with E-state index in [4.69, 9.17) is 15.8 Å². The predicted octanol–water partition coefficient (Wildman–Crippen LogP) is 2.63. The molecule has 1 atom stereocenters. The van der Waals surface area contributed by atoms with Crippen molar-refractivity contribution in [1.29, 1.82) is 5.26 Å². The largest absolute Gasteiger partial charge is 0.368 e. The standard InChI is InChI=1S/C18H18N4O/c1-18(12-23-22(2)17(20)21-18)16-5-3-4-15(10-16)14-8-6-13(11-19)7-9-14/h3-10H,12H2,1-2H3,(H2,20,21). The molecule has 0 aliphatic carbocycles. The molecule has 5 nitrogen and oxygen atoms in total. The molecule has 0 bridgehead atoms. The number of rotatable bonds is 2. The highest BCUT2D eigenvalue weighted by Crippen LogP contribution is 2.32. The SMILES string of the molecule is CN1OCC(C)(c2cccc(-c3ccc(C#N)cc3)c2)N=C1N. The number of hydrogen-bond acceptors (Lipinski definition) is 5. The van der Waals surface area contributed by atoms with Crippen LogP contribution in [0.1, 0.15) is 18.1 Å². The van der Waals surface area contributed by atoms with E-state index in [1.165, 1.54) is 5.06 Å². The van der Waals surface area contributed by atoms with Gasteiger partial charge in [0.05, 0.1) is 11.6 Å². The van der Waals surface area contributed by atoms with Crippen molar-refractivity contribution in [2.24, 2.45) is 10.7 Å². The molecule has 3 rings (SSSR count). The van der Waals surface area contributed by atoms with Gasteiger partial charge in [0.25, 0.3) is 0 Å². The van der Waals surface area contributed by atoms with Gasteiger partial charge in [-0.15, -0.1) is 0 Å². The number of nitrogens with two attached hydrogens (primary N) is 1. The molecular formula is C18H18N4O. The fourth-order valence-electron chi connectivity index (χ4n) is 2.56. The fourth-order valence-corrected chi connectivity index (χ4v) is 2.56. The van der Waals surface area contributed by atoms with E-state index in [-0.39, 0.29) is 0 Å². The second kappa shape index (κ2) is 5.75. The minimum atomic E-state index is -0.515. The van der Waals surface area contributed by atoms with E-state index in [1.807, 2.05) is 49.4 Å². The van der Waals surface area contributed by atoms with Crippen LogP contribution >= 0.6 is 0 Å². The van der Waals surface area contributed by atoms with Crippen molar-refractivity contribution < 1.29 is 4.84 Å². The van der Waals surface area contributed by atoms with Crippen molar-refractivity contribution in [3.8, 4) is 17.2 Å². The lowest BCUT2D eigenvalue weighted by Crippen LogP contribution is -2.45. The van der Waals surface area contributed by atoms with Gasteiger partial charge in [0, 0.05) is 7.05 Å². The zero-order valence-electron chi connectivity index (χ0n) is 13.2. The molecule has 116 valence electrons. The number of aliphatic imine (C=N–C) groups is 1. The first-order valence-corrected chi connectivity index (χ1v) is 7.35. The molecule has 0 saturated carbocycles. The average Bonchev–Trinajstić information content (AvgIpc) is 2.59. The Bertz CT molecular complexity index is 791. The van der Waals surface area contributed by atoms with Crippen molar-refractivity contribution in [2.75, 3.05) is 13.7 Å². The molecule has 2 N–H and O–H groups in total. The highest BCUT2D eigenvalue weighted by Gasteiger charge is 2.32. The monoisotopic (exact) mass is 306 g/mol. The number of benzene rings is 2. The summed E-state index contributed by atoms with van der Waals surface area (Å²) in [6.07, 6.45) is 0. The van der Waals surface area contributed by atoms with Gasteiger partial charge in [-0.1, -0.05) is 30.3 Å². The minimum Gasteiger partial charge on any atom is -0.368 e. The van der Waals surface area contributed by atoms with Crippen molar-refractivity contribution in [1.82, 2.24) is 5.06 Å². The van der Waals surface area contributed by atoms with E-state index in [0.717, 1.165) is 16.7 Å². The Balaban J connectivity index is 1.98. The minimum absolute atomic E-state index is 0.363. The molecule has 0 amide bonds. The molecule has 0 spiro atoms. The Labute approximate surface area is 135 Å². The van der Waals surface area contributed by atoms with Crippen LogP contribution in [-0.2, 0) is 10.4 Å². The third kappa shape index (κ3) is 2.89. The van der Waals surface area contributed by atoms with Crippen LogP contribution in [0.5, 0.6) is 0 Å². The van der Waals surface area contributed by atoms with E-state index in [9.17, 15) is 0 Å². The number of nitrogens with zero attached hydrogens (tertiary/aromatic N) is 3. The van der Waals surface area contributed by atoms with Crippen LogP contribution in [0.2, 0.25) is 0 Å². The van der Waals surface area contributed by atoms with E-state index < -0.39 is 5.54 Å². The summed E-state index contributed by atoms with van der Waals surface area (Å²) in [4.78, 5) is 10.2. The summed E-state index contributed by atoms with van der Waals surface area (Å²) in [6.45, 7) is 2.44. The molecular weight excluding hydrogens is 288 g/mol. The Morgan fingerprint density at radius 3 is 2.61 bits per heavy atom. The molecule has 1 aliphatic rings. The van der Waals surface area contributed by atoms with E-state index in [1.54, 1.807) is 7.05 Å². The van der Waals surface area contributed by atoms with Gasteiger partial charge in [-0.3, -0.25) is 4.84 Å². The quantitative estimate of drug-likeness (QED) is 0.925. The molecule has 1 aliphatic heterocycles. The maximum absolute atomic E-state index is 8.90. The smallest absolute Gasteiger partial charge is 0.216 e. The lowest BCUT2D eigenvalue weighted by molar-refractivity contribution is -0.113. The van der Waals surface area contributed by atoms with Crippen molar-refractivity contribution in [3.63, 3.8) is 0 Å². The van der Waals surface area contributed by atoms with Crippen molar-refractivity contribution in [3.05, 3.63) is 59.7 Å². The summed E-state index contributed by atoms with van der Waals surface area (Å²) in [5, 5.41) is 10.4. The maximum Gasteiger partial charge on any atom is 0.216 e.